The van der Waals surface area contributed by atoms with Crippen LogP contribution in [-0.2, 0) is 4.74 Å². The lowest BCUT2D eigenvalue weighted by molar-refractivity contribution is 0.0946. The molecule has 9 heteroatoms. The Hall–Kier alpha value is -1.55. The summed E-state index contributed by atoms with van der Waals surface area (Å²) in [5, 5.41) is 8.17. The van der Waals surface area contributed by atoms with Crippen LogP contribution in [0.4, 0.5) is 0 Å². The van der Waals surface area contributed by atoms with Gasteiger partial charge in [-0.1, -0.05) is 0 Å². The Bertz CT molecular complexity index is 670. The van der Waals surface area contributed by atoms with Crippen LogP contribution in [0, 0.1) is 6.92 Å². The average molecular weight is 371 g/mol. The van der Waals surface area contributed by atoms with Crippen LogP contribution in [0.15, 0.2) is 16.8 Å². The van der Waals surface area contributed by atoms with Crippen molar-refractivity contribution < 1.29 is 9.53 Å². The van der Waals surface area contributed by atoms with Gasteiger partial charge in [0.05, 0.1) is 12.3 Å². The van der Waals surface area contributed by atoms with Gasteiger partial charge >= 0.3 is 0 Å². The van der Waals surface area contributed by atoms with Crippen molar-refractivity contribution in [3.63, 3.8) is 0 Å². The van der Waals surface area contributed by atoms with Crippen molar-refractivity contribution in [2.75, 3.05) is 13.7 Å². The Morgan fingerprint density at radius 2 is 2.26 bits per heavy atom. The van der Waals surface area contributed by atoms with Crippen molar-refractivity contribution in [2.45, 2.75) is 19.9 Å². The molecule has 3 N–H and O–H groups in total. The number of thiophene rings is 1. The molecule has 0 aliphatic rings. The molecule has 1 atom stereocenters. The lowest BCUT2D eigenvalue weighted by Gasteiger charge is -2.16. The minimum atomic E-state index is -0.259. The van der Waals surface area contributed by atoms with Crippen LogP contribution >= 0.6 is 34.9 Å². The Labute approximate surface area is 148 Å². The van der Waals surface area contributed by atoms with Gasteiger partial charge in [0.2, 0.25) is 0 Å². The molecule has 0 aliphatic carbocycles. The van der Waals surface area contributed by atoms with Crippen LogP contribution < -0.4 is 16.2 Å². The molecule has 2 aromatic rings. The van der Waals surface area contributed by atoms with Gasteiger partial charge in [0.1, 0.15) is 9.88 Å². The van der Waals surface area contributed by atoms with Gasteiger partial charge in [0.15, 0.2) is 5.11 Å². The SMILES string of the molecule is COC[C@@H](C)NC(=S)NNC(=O)c1sc(-c2ccsc2)nc1C. The van der Waals surface area contributed by atoms with Gasteiger partial charge in [0.25, 0.3) is 5.91 Å². The lowest BCUT2D eigenvalue weighted by atomic mass is 10.3. The Kier molecular flexibility index (Phi) is 6.46. The maximum absolute atomic E-state index is 12.3. The number of hydrogen-bond acceptors (Lipinski definition) is 6. The van der Waals surface area contributed by atoms with Gasteiger partial charge in [-0.25, -0.2) is 4.98 Å². The van der Waals surface area contributed by atoms with Crippen molar-refractivity contribution in [1.82, 2.24) is 21.2 Å². The number of hydrogen-bond donors (Lipinski definition) is 3. The Morgan fingerprint density at radius 1 is 1.48 bits per heavy atom. The fourth-order valence-electron chi connectivity index (χ4n) is 1.84. The number of carbonyl (C=O) groups is 1. The van der Waals surface area contributed by atoms with Gasteiger partial charge < -0.3 is 10.1 Å². The summed E-state index contributed by atoms with van der Waals surface area (Å²) >= 11 is 8.07. The first-order chi connectivity index (χ1) is 11.0. The highest BCUT2D eigenvalue weighted by Gasteiger charge is 2.16. The zero-order valence-electron chi connectivity index (χ0n) is 13.0. The maximum atomic E-state index is 12.3. The highest BCUT2D eigenvalue weighted by molar-refractivity contribution is 7.80. The normalized spacial score (nSPS) is 11.8. The number of amides is 1. The standard InChI is InChI=1S/C14H18N4O2S3/c1-8(6-20-3)15-14(21)18-17-12(19)11-9(2)16-13(23-11)10-4-5-22-7-10/h4-5,7-8H,6H2,1-3H3,(H,17,19)(H2,15,18,21)/t8-/m1/s1. The minimum Gasteiger partial charge on any atom is -0.383 e. The molecule has 6 nitrogen and oxygen atoms in total. The van der Waals surface area contributed by atoms with Crippen molar-refractivity contribution in [3.8, 4) is 10.6 Å². The smallest absolute Gasteiger partial charge is 0.281 e. The molecule has 124 valence electrons. The number of thiocarbonyl (C=S) groups is 1. The third kappa shape index (κ3) is 4.96. The molecular weight excluding hydrogens is 352 g/mol. The molecule has 23 heavy (non-hydrogen) atoms. The van der Waals surface area contributed by atoms with Gasteiger partial charge in [-0.3, -0.25) is 15.6 Å². The molecule has 2 heterocycles. The zero-order valence-corrected chi connectivity index (χ0v) is 15.5. The summed E-state index contributed by atoms with van der Waals surface area (Å²) in [6.45, 7) is 4.27. The largest absolute Gasteiger partial charge is 0.383 e. The van der Waals surface area contributed by atoms with Gasteiger partial charge in [-0.15, -0.1) is 11.3 Å². The molecule has 0 aromatic carbocycles. The number of aromatic nitrogens is 1. The molecule has 0 unspecified atom stereocenters. The maximum Gasteiger partial charge on any atom is 0.281 e. The summed E-state index contributed by atoms with van der Waals surface area (Å²) in [5.74, 6) is -0.259. The second kappa shape index (κ2) is 8.34. The highest BCUT2D eigenvalue weighted by atomic mass is 32.1. The second-order valence-electron chi connectivity index (χ2n) is 4.85. The molecule has 2 aromatic heterocycles. The predicted octanol–water partition coefficient (Wildman–Crippen LogP) is 2.32. The van der Waals surface area contributed by atoms with E-state index in [2.05, 4.69) is 21.2 Å². The van der Waals surface area contributed by atoms with E-state index in [-0.39, 0.29) is 11.9 Å². The number of nitrogens with zero attached hydrogens (tertiary/aromatic N) is 1. The lowest BCUT2D eigenvalue weighted by Crippen LogP contribution is -2.49. The number of hydrazine groups is 1. The van der Waals surface area contributed by atoms with Crippen molar-refractivity contribution >= 4 is 45.9 Å². The molecule has 0 aliphatic heterocycles. The van der Waals surface area contributed by atoms with Crippen molar-refractivity contribution in [2.24, 2.45) is 0 Å². The second-order valence-corrected chi connectivity index (χ2v) is 7.04. The monoisotopic (exact) mass is 370 g/mol. The van der Waals surface area contributed by atoms with Gasteiger partial charge in [-0.2, -0.15) is 11.3 Å². The van der Waals surface area contributed by atoms with Crippen LogP contribution in [0.25, 0.3) is 10.6 Å². The number of rotatable bonds is 5. The predicted molar refractivity (Wildman–Crippen MR) is 97.8 cm³/mol. The molecule has 0 saturated heterocycles. The summed E-state index contributed by atoms with van der Waals surface area (Å²) in [5.41, 5.74) is 7.00. The van der Waals surface area contributed by atoms with E-state index in [1.54, 1.807) is 18.4 Å². The van der Waals surface area contributed by atoms with Crippen LogP contribution in [0.1, 0.15) is 22.3 Å². The Morgan fingerprint density at radius 3 is 2.91 bits per heavy atom. The van der Waals surface area contributed by atoms with E-state index in [0.29, 0.717) is 22.3 Å². The molecular formula is C14H18N4O2S3. The molecule has 0 spiro atoms. The van der Waals surface area contributed by atoms with Crippen molar-refractivity contribution in [1.29, 1.82) is 0 Å². The summed E-state index contributed by atoms with van der Waals surface area (Å²) in [4.78, 5) is 17.3. The quantitative estimate of drug-likeness (QED) is 0.554. The number of carbonyl (C=O) groups excluding carboxylic acids is 1. The minimum absolute atomic E-state index is 0.0484. The molecule has 1 amide bonds. The third-order valence-electron chi connectivity index (χ3n) is 2.85. The van der Waals surface area contributed by atoms with Gasteiger partial charge in [-0.05, 0) is 37.5 Å². The number of ether oxygens (including phenoxy) is 1. The number of aryl methyl sites for hydroxylation is 1. The fraction of sp³-hybridized carbons (Fsp3) is 0.357. The first-order valence-electron chi connectivity index (χ1n) is 6.87. The van der Waals surface area contributed by atoms with Crippen LogP contribution in [0.2, 0.25) is 0 Å². The first-order valence-corrected chi connectivity index (χ1v) is 9.03. The molecule has 0 radical (unpaired) electrons. The summed E-state index contributed by atoms with van der Waals surface area (Å²) in [7, 11) is 1.62. The van der Waals surface area contributed by atoms with E-state index in [1.807, 2.05) is 30.7 Å². The topological polar surface area (TPSA) is 75.3 Å². The summed E-state index contributed by atoms with van der Waals surface area (Å²) in [6.07, 6.45) is 0. The Balaban J connectivity index is 1.92. The van der Waals surface area contributed by atoms with Crippen LogP contribution in [-0.4, -0.2) is 35.8 Å². The summed E-state index contributed by atoms with van der Waals surface area (Å²) in [6, 6.07) is 2.03. The van der Waals surface area contributed by atoms with Crippen molar-refractivity contribution in [3.05, 3.63) is 27.4 Å². The van der Waals surface area contributed by atoms with E-state index in [9.17, 15) is 4.79 Å². The average Bonchev–Trinajstić information content (AvgIpc) is 3.14. The van der Waals surface area contributed by atoms with E-state index in [1.165, 1.54) is 11.3 Å². The molecule has 0 saturated carbocycles. The summed E-state index contributed by atoms with van der Waals surface area (Å²) < 4.78 is 5.01. The van der Waals surface area contributed by atoms with Gasteiger partial charge in [0, 0.05) is 24.1 Å². The van der Waals surface area contributed by atoms with E-state index in [4.69, 9.17) is 17.0 Å². The van der Waals surface area contributed by atoms with Crippen LogP contribution in [0.3, 0.4) is 0 Å². The number of nitrogens with one attached hydrogen (secondary N) is 3. The third-order valence-corrected chi connectivity index (χ3v) is 4.96. The molecule has 0 fully saturated rings. The molecule has 2 rings (SSSR count). The van der Waals surface area contributed by atoms with E-state index >= 15 is 0 Å². The molecule has 0 bridgehead atoms. The number of methoxy groups -OCH3 is 1. The van der Waals surface area contributed by atoms with Crippen LogP contribution in [0.5, 0.6) is 0 Å². The number of thiazole rings is 1. The van der Waals surface area contributed by atoms with E-state index in [0.717, 1.165) is 10.6 Å². The zero-order chi connectivity index (χ0) is 16.8. The fourth-order valence-corrected chi connectivity index (χ4v) is 3.76. The van der Waals surface area contributed by atoms with E-state index < -0.39 is 0 Å². The highest BCUT2D eigenvalue weighted by Crippen LogP contribution is 2.29. The first kappa shape index (κ1) is 17.8.